The largest absolute Gasteiger partial charge is 0.496 e. The van der Waals surface area contributed by atoms with Crippen molar-refractivity contribution in [2.75, 3.05) is 12.4 Å². The van der Waals surface area contributed by atoms with Crippen LogP contribution in [0.15, 0.2) is 24.3 Å². The lowest BCUT2D eigenvalue weighted by atomic mass is 9.98. The van der Waals surface area contributed by atoms with Gasteiger partial charge in [0.25, 0.3) is 5.91 Å². The minimum atomic E-state index is -0.251. The number of rotatable bonds is 3. The zero-order valence-corrected chi connectivity index (χ0v) is 12.7. The van der Waals surface area contributed by atoms with E-state index in [0.717, 1.165) is 5.01 Å². The first kappa shape index (κ1) is 14.5. The van der Waals surface area contributed by atoms with Crippen LogP contribution in [0.2, 0.25) is 0 Å². The van der Waals surface area contributed by atoms with Gasteiger partial charge in [-0.1, -0.05) is 44.2 Å². The fraction of sp³-hybridized carbons (Fsp3) is 0.357. The molecule has 0 atom stereocenters. The second-order valence-electron chi connectivity index (χ2n) is 5.32. The van der Waals surface area contributed by atoms with E-state index in [1.165, 1.54) is 18.4 Å². The average Bonchev–Trinajstić information content (AvgIpc) is 2.87. The van der Waals surface area contributed by atoms with Gasteiger partial charge in [-0.25, -0.2) is 0 Å². The lowest BCUT2D eigenvalue weighted by molar-refractivity contribution is 0.102. The molecule has 20 heavy (non-hydrogen) atoms. The predicted molar refractivity (Wildman–Crippen MR) is 79.6 cm³/mol. The molecule has 1 heterocycles. The maximum absolute atomic E-state index is 12.2. The molecule has 0 aliphatic heterocycles. The van der Waals surface area contributed by atoms with Crippen LogP contribution in [-0.4, -0.2) is 23.2 Å². The highest BCUT2D eigenvalue weighted by molar-refractivity contribution is 7.15. The first-order valence-electron chi connectivity index (χ1n) is 6.20. The van der Waals surface area contributed by atoms with Gasteiger partial charge in [0.2, 0.25) is 5.13 Å². The number of carbonyl (C=O) groups is 1. The van der Waals surface area contributed by atoms with Gasteiger partial charge in [-0.3, -0.25) is 10.1 Å². The Bertz CT molecular complexity index is 617. The van der Waals surface area contributed by atoms with Gasteiger partial charge in [0.05, 0.1) is 12.7 Å². The fourth-order valence-electron chi connectivity index (χ4n) is 1.57. The van der Waals surface area contributed by atoms with Crippen LogP contribution in [0.4, 0.5) is 5.13 Å². The Balaban J connectivity index is 2.18. The van der Waals surface area contributed by atoms with E-state index in [9.17, 15) is 4.79 Å². The highest BCUT2D eigenvalue weighted by Gasteiger charge is 2.20. The summed E-state index contributed by atoms with van der Waals surface area (Å²) in [6.45, 7) is 6.16. The van der Waals surface area contributed by atoms with Gasteiger partial charge in [-0.15, -0.1) is 10.2 Å². The lowest BCUT2D eigenvalue weighted by Crippen LogP contribution is -2.12. The molecule has 0 fully saturated rings. The van der Waals surface area contributed by atoms with Crippen molar-refractivity contribution in [2.45, 2.75) is 26.2 Å². The number of ether oxygens (including phenoxy) is 1. The number of aromatic nitrogens is 2. The van der Waals surface area contributed by atoms with Crippen molar-refractivity contribution >= 4 is 22.4 Å². The van der Waals surface area contributed by atoms with Crippen molar-refractivity contribution in [3.8, 4) is 5.75 Å². The van der Waals surface area contributed by atoms with E-state index in [4.69, 9.17) is 4.74 Å². The maximum atomic E-state index is 12.2. The van der Waals surface area contributed by atoms with Crippen molar-refractivity contribution in [2.24, 2.45) is 0 Å². The Morgan fingerprint density at radius 3 is 2.55 bits per heavy atom. The summed E-state index contributed by atoms with van der Waals surface area (Å²) in [6.07, 6.45) is 0. The third-order valence-corrected chi connectivity index (χ3v) is 3.90. The van der Waals surface area contributed by atoms with Gasteiger partial charge in [0.15, 0.2) is 0 Å². The number of anilines is 1. The molecular weight excluding hydrogens is 274 g/mol. The smallest absolute Gasteiger partial charge is 0.261 e. The summed E-state index contributed by atoms with van der Waals surface area (Å²) in [5.74, 6) is 0.282. The normalized spacial score (nSPS) is 11.2. The topological polar surface area (TPSA) is 64.1 Å². The number of methoxy groups -OCH3 is 1. The molecule has 0 saturated heterocycles. The maximum Gasteiger partial charge on any atom is 0.261 e. The van der Waals surface area contributed by atoms with E-state index in [1.807, 2.05) is 6.07 Å². The van der Waals surface area contributed by atoms with Gasteiger partial charge in [-0.2, -0.15) is 0 Å². The number of hydrogen-bond acceptors (Lipinski definition) is 5. The van der Waals surface area contributed by atoms with Crippen LogP contribution >= 0.6 is 11.3 Å². The number of nitrogens with zero attached hydrogens (tertiary/aromatic N) is 2. The van der Waals surface area contributed by atoms with Crippen LogP contribution in [-0.2, 0) is 5.41 Å². The van der Waals surface area contributed by atoms with Crippen LogP contribution in [0.25, 0.3) is 0 Å². The first-order chi connectivity index (χ1) is 9.41. The summed E-state index contributed by atoms with van der Waals surface area (Å²) in [5.41, 5.74) is 0.396. The minimum absolute atomic E-state index is 0.0783. The highest BCUT2D eigenvalue weighted by atomic mass is 32.1. The van der Waals surface area contributed by atoms with Gasteiger partial charge in [-0.05, 0) is 12.1 Å². The van der Waals surface area contributed by atoms with Crippen LogP contribution in [0, 0.1) is 0 Å². The van der Waals surface area contributed by atoms with E-state index >= 15 is 0 Å². The molecule has 6 heteroatoms. The van der Waals surface area contributed by atoms with E-state index in [0.29, 0.717) is 16.4 Å². The summed E-state index contributed by atoms with van der Waals surface area (Å²) >= 11 is 1.38. The zero-order valence-electron chi connectivity index (χ0n) is 11.9. The Labute approximate surface area is 122 Å². The van der Waals surface area contributed by atoms with Crippen LogP contribution in [0.5, 0.6) is 5.75 Å². The lowest BCUT2D eigenvalue weighted by Gasteiger charge is -2.12. The Hall–Kier alpha value is -1.95. The molecule has 0 spiro atoms. The van der Waals surface area contributed by atoms with E-state index in [1.54, 1.807) is 18.2 Å². The summed E-state index contributed by atoms with van der Waals surface area (Å²) in [6, 6.07) is 7.06. The van der Waals surface area contributed by atoms with Crippen molar-refractivity contribution in [3.63, 3.8) is 0 Å². The minimum Gasteiger partial charge on any atom is -0.496 e. The summed E-state index contributed by atoms with van der Waals surface area (Å²) in [5, 5.41) is 12.2. The van der Waals surface area contributed by atoms with Crippen LogP contribution in [0.3, 0.4) is 0 Å². The van der Waals surface area contributed by atoms with Crippen LogP contribution < -0.4 is 10.1 Å². The Morgan fingerprint density at radius 1 is 1.25 bits per heavy atom. The fourth-order valence-corrected chi connectivity index (χ4v) is 2.37. The van der Waals surface area contributed by atoms with E-state index in [-0.39, 0.29) is 11.3 Å². The Morgan fingerprint density at radius 2 is 1.95 bits per heavy atom. The number of benzene rings is 1. The third-order valence-electron chi connectivity index (χ3n) is 2.64. The van der Waals surface area contributed by atoms with E-state index in [2.05, 4.69) is 36.3 Å². The highest BCUT2D eigenvalue weighted by Crippen LogP contribution is 2.28. The van der Waals surface area contributed by atoms with Gasteiger partial charge in [0, 0.05) is 5.41 Å². The van der Waals surface area contributed by atoms with Gasteiger partial charge < -0.3 is 4.74 Å². The number of hydrogen-bond donors (Lipinski definition) is 1. The molecule has 1 aromatic carbocycles. The molecule has 1 N–H and O–H groups in total. The van der Waals surface area contributed by atoms with Crippen molar-refractivity contribution < 1.29 is 9.53 Å². The van der Waals surface area contributed by atoms with Crippen molar-refractivity contribution in [1.82, 2.24) is 10.2 Å². The van der Waals surface area contributed by atoms with Gasteiger partial charge in [0.1, 0.15) is 10.8 Å². The molecule has 0 unspecified atom stereocenters. The predicted octanol–water partition coefficient (Wildman–Crippen LogP) is 3.10. The molecule has 0 saturated carbocycles. The zero-order chi connectivity index (χ0) is 14.8. The molecule has 106 valence electrons. The standard InChI is InChI=1S/C14H17N3O2S/c1-14(2,3)12-16-17-13(20-12)15-11(18)9-7-5-6-8-10(9)19-4/h5-8H,1-4H3,(H,15,17,18). The summed E-state index contributed by atoms with van der Waals surface area (Å²) in [4.78, 5) is 12.2. The molecule has 0 radical (unpaired) electrons. The Kier molecular flexibility index (Phi) is 4.04. The monoisotopic (exact) mass is 291 g/mol. The average molecular weight is 291 g/mol. The molecule has 5 nitrogen and oxygen atoms in total. The van der Waals surface area contributed by atoms with Gasteiger partial charge >= 0.3 is 0 Å². The molecule has 1 amide bonds. The molecular formula is C14H17N3O2S. The second-order valence-corrected chi connectivity index (χ2v) is 6.29. The van der Waals surface area contributed by atoms with Crippen LogP contribution in [0.1, 0.15) is 36.1 Å². The van der Waals surface area contributed by atoms with E-state index < -0.39 is 0 Å². The van der Waals surface area contributed by atoms with Crippen molar-refractivity contribution in [3.05, 3.63) is 34.8 Å². The molecule has 1 aromatic heterocycles. The summed E-state index contributed by atoms with van der Waals surface area (Å²) in [7, 11) is 1.54. The molecule has 0 aliphatic carbocycles. The molecule has 2 rings (SSSR count). The number of nitrogens with one attached hydrogen (secondary N) is 1. The third kappa shape index (κ3) is 3.14. The van der Waals surface area contributed by atoms with Crippen molar-refractivity contribution in [1.29, 1.82) is 0 Å². The molecule has 0 bridgehead atoms. The quantitative estimate of drug-likeness (QED) is 0.943. The number of amides is 1. The molecule has 2 aromatic rings. The number of carbonyl (C=O) groups excluding carboxylic acids is 1. The second kappa shape index (κ2) is 5.58. The molecule has 0 aliphatic rings. The summed E-state index contributed by atoms with van der Waals surface area (Å²) < 4.78 is 5.17. The first-order valence-corrected chi connectivity index (χ1v) is 7.02. The SMILES string of the molecule is COc1ccccc1C(=O)Nc1nnc(C(C)(C)C)s1. The number of para-hydroxylation sites is 1.